The zero-order valence-corrected chi connectivity index (χ0v) is 11.8. The number of thioether (sulfide) groups is 1. The van der Waals surface area contributed by atoms with Crippen molar-refractivity contribution in [2.24, 2.45) is 5.92 Å². The fourth-order valence-electron chi connectivity index (χ4n) is 2.51. The lowest BCUT2D eigenvalue weighted by molar-refractivity contribution is 0.632. The van der Waals surface area contributed by atoms with Crippen LogP contribution in [0.2, 0.25) is 0 Å². The molecule has 1 heterocycles. The van der Waals surface area contributed by atoms with Gasteiger partial charge in [-0.1, -0.05) is 48.5 Å². The zero-order valence-electron chi connectivity index (χ0n) is 11.0. The highest BCUT2D eigenvalue weighted by molar-refractivity contribution is 7.99. The van der Waals surface area contributed by atoms with E-state index in [0.29, 0.717) is 0 Å². The first-order valence-electron chi connectivity index (χ1n) is 6.89. The summed E-state index contributed by atoms with van der Waals surface area (Å²) in [5.74, 6) is 3.46. The Morgan fingerprint density at radius 2 is 1.79 bits per heavy atom. The smallest absolute Gasteiger partial charge is 0.0419 e. The summed E-state index contributed by atoms with van der Waals surface area (Å²) in [6.07, 6.45) is 1.35. The Kier molecular flexibility index (Phi) is 4.09. The van der Waals surface area contributed by atoms with Gasteiger partial charge in [0.2, 0.25) is 0 Å². The maximum Gasteiger partial charge on any atom is 0.0419 e. The predicted octanol–water partition coefficient (Wildman–Crippen LogP) is 4.52. The Labute approximate surface area is 119 Å². The van der Waals surface area contributed by atoms with Crippen molar-refractivity contribution in [1.29, 1.82) is 0 Å². The molecule has 3 rings (SSSR count). The second-order valence-electron chi connectivity index (χ2n) is 5.02. The number of para-hydroxylation sites is 1. The number of benzene rings is 2. The van der Waals surface area contributed by atoms with Crippen LogP contribution in [0.3, 0.4) is 0 Å². The van der Waals surface area contributed by atoms with Crippen molar-refractivity contribution < 1.29 is 0 Å². The van der Waals surface area contributed by atoms with Crippen molar-refractivity contribution in [3.05, 3.63) is 54.6 Å². The Morgan fingerprint density at radius 1 is 1.00 bits per heavy atom. The molecule has 1 saturated heterocycles. The average Bonchev–Trinajstić information content (AvgIpc) is 3.00. The van der Waals surface area contributed by atoms with E-state index >= 15 is 0 Å². The van der Waals surface area contributed by atoms with Crippen LogP contribution in [0.4, 0.5) is 5.69 Å². The molecule has 19 heavy (non-hydrogen) atoms. The third-order valence-electron chi connectivity index (χ3n) is 3.62. The fourth-order valence-corrected chi connectivity index (χ4v) is 3.79. The molecule has 2 aromatic carbocycles. The molecule has 0 amide bonds. The molecule has 0 aliphatic carbocycles. The molecular weight excluding hydrogens is 250 g/mol. The molecule has 0 bridgehead atoms. The summed E-state index contributed by atoms with van der Waals surface area (Å²) in [7, 11) is 0. The number of hydrogen-bond donors (Lipinski definition) is 1. The first kappa shape index (κ1) is 12.6. The summed E-state index contributed by atoms with van der Waals surface area (Å²) in [6, 6.07) is 19.2. The Balaban J connectivity index is 1.77. The number of nitrogens with one attached hydrogen (secondary N) is 1. The van der Waals surface area contributed by atoms with E-state index in [1.807, 2.05) is 0 Å². The second-order valence-corrected chi connectivity index (χ2v) is 6.17. The molecule has 0 aromatic heterocycles. The molecule has 0 saturated carbocycles. The molecule has 1 fully saturated rings. The summed E-state index contributed by atoms with van der Waals surface area (Å²) in [6.45, 7) is 1.09. The van der Waals surface area contributed by atoms with Crippen molar-refractivity contribution in [3.8, 4) is 11.1 Å². The summed E-state index contributed by atoms with van der Waals surface area (Å²) in [5.41, 5.74) is 3.84. The second kappa shape index (κ2) is 6.16. The largest absolute Gasteiger partial charge is 0.384 e. The van der Waals surface area contributed by atoms with Crippen LogP contribution in [-0.4, -0.2) is 18.1 Å². The van der Waals surface area contributed by atoms with Gasteiger partial charge in [0.15, 0.2) is 0 Å². The fraction of sp³-hybridized carbons (Fsp3) is 0.294. The molecule has 0 spiro atoms. The molecule has 2 heteroatoms. The monoisotopic (exact) mass is 269 g/mol. The normalized spacial score (nSPS) is 18.4. The van der Waals surface area contributed by atoms with Crippen LogP contribution in [0.15, 0.2) is 54.6 Å². The van der Waals surface area contributed by atoms with Gasteiger partial charge < -0.3 is 5.32 Å². The third kappa shape index (κ3) is 3.13. The summed E-state index contributed by atoms with van der Waals surface area (Å²) >= 11 is 2.08. The van der Waals surface area contributed by atoms with E-state index in [-0.39, 0.29) is 0 Å². The summed E-state index contributed by atoms with van der Waals surface area (Å²) < 4.78 is 0. The van der Waals surface area contributed by atoms with E-state index in [2.05, 4.69) is 71.7 Å². The first-order valence-corrected chi connectivity index (χ1v) is 8.05. The van der Waals surface area contributed by atoms with Gasteiger partial charge in [-0.15, -0.1) is 0 Å². The van der Waals surface area contributed by atoms with Crippen LogP contribution < -0.4 is 5.32 Å². The SMILES string of the molecule is c1ccc(-c2ccccc2NCC2CCSC2)cc1. The molecule has 2 aromatic rings. The minimum absolute atomic E-state index is 0.828. The molecule has 1 unspecified atom stereocenters. The van der Waals surface area contributed by atoms with Crippen molar-refractivity contribution in [2.45, 2.75) is 6.42 Å². The lowest BCUT2D eigenvalue weighted by atomic mass is 10.0. The molecule has 98 valence electrons. The quantitative estimate of drug-likeness (QED) is 0.876. The van der Waals surface area contributed by atoms with Crippen molar-refractivity contribution in [1.82, 2.24) is 0 Å². The molecular formula is C17H19NS. The Morgan fingerprint density at radius 3 is 2.58 bits per heavy atom. The van der Waals surface area contributed by atoms with Crippen LogP contribution in [0.25, 0.3) is 11.1 Å². The van der Waals surface area contributed by atoms with Gasteiger partial charge in [-0.25, -0.2) is 0 Å². The van der Waals surface area contributed by atoms with E-state index in [0.717, 1.165) is 12.5 Å². The molecule has 1 atom stereocenters. The van der Waals surface area contributed by atoms with Crippen LogP contribution in [0.1, 0.15) is 6.42 Å². The van der Waals surface area contributed by atoms with E-state index in [1.165, 1.54) is 34.7 Å². The summed E-state index contributed by atoms with van der Waals surface area (Å²) in [5, 5.41) is 3.64. The van der Waals surface area contributed by atoms with E-state index < -0.39 is 0 Å². The Bertz CT molecular complexity index is 518. The van der Waals surface area contributed by atoms with Gasteiger partial charge in [0.25, 0.3) is 0 Å². The third-order valence-corrected chi connectivity index (χ3v) is 4.85. The van der Waals surface area contributed by atoms with Crippen LogP contribution in [0.5, 0.6) is 0 Å². The Hall–Kier alpha value is -1.41. The topological polar surface area (TPSA) is 12.0 Å². The maximum atomic E-state index is 3.64. The number of anilines is 1. The van der Waals surface area contributed by atoms with Crippen molar-refractivity contribution >= 4 is 17.4 Å². The van der Waals surface area contributed by atoms with Crippen LogP contribution in [0, 0.1) is 5.92 Å². The van der Waals surface area contributed by atoms with Gasteiger partial charge in [0.1, 0.15) is 0 Å². The average molecular weight is 269 g/mol. The van der Waals surface area contributed by atoms with Crippen LogP contribution in [-0.2, 0) is 0 Å². The van der Waals surface area contributed by atoms with E-state index in [4.69, 9.17) is 0 Å². The van der Waals surface area contributed by atoms with Gasteiger partial charge in [0, 0.05) is 17.8 Å². The number of rotatable bonds is 4. The van der Waals surface area contributed by atoms with Crippen molar-refractivity contribution in [3.63, 3.8) is 0 Å². The standard InChI is InChI=1S/C17H19NS/c1-2-6-15(7-3-1)16-8-4-5-9-17(16)18-12-14-10-11-19-13-14/h1-9,14,18H,10-13H2. The summed E-state index contributed by atoms with van der Waals surface area (Å²) in [4.78, 5) is 0. The lowest BCUT2D eigenvalue weighted by Gasteiger charge is -2.15. The highest BCUT2D eigenvalue weighted by Crippen LogP contribution is 2.29. The van der Waals surface area contributed by atoms with Gasteiger partial charge in [-0.05, 0) is 35.5 Å². The lowest BCUT2D eigenvalue weighted by Crippen LogP contribution is -2.13. The van der Waals surface area contributed by atoms with Gasteiger partial charge in [0.05, 0.1) is 0 Å². The maximum absolute atomic E-state index is 3.64. The molecule has 1 nitrogen and oxygen atoms in total. The van der Waals surface area contributed by atoms with Gasteiger partial charge >= 0.3 is 0 Å². The minimum atomic E-state index is 0.828. The molecule has 1 aliphatic heterocycles. The van der Waals surface area contributed by atoms with Gasteiger partial charge in [-0.2, -0.15) is 11.8 Å². The highest BCUT2D eigenvalue weighted by atomic mass is 32.2. The first-order chi connectivity index (χ1) is 9.43. The van der Waals surface area contributed by atoms with E-state index in [9.17, 15) is 0 Å². The van der Waals surface area contributed by atoms with Gasteiger partial charge in [-0.3, -0.25) is 0 Å². The van der Waals surface area contributed by atoms with Crippen molar-refractivity contribution in [2.75, 3.05) is 23.4 Å². The molecule has 0 radical (unpaired) electrons. The number of hydrogen-bond acceptors (Lipinski definition) is 2. The molecule has 1 N–H and O–H groups in total. The van der Waals surface area contributed by atoms with E-state index in [1.54, 1.807) is 0 Å². The zero-order chi connectivity index (χ0) is 12.9. The highest BCUT2D eigenvalue weighted by Gasteiger charge is 2.15. The van der Waals surface area contributed by atoms with Crippen LogP contribution >= 0.6 is 11.8 Å². The molecule has 1 aliphatic rings. The predicted molar refractivity (Wildman–Crippen MR) is 85.8 cm³/mol. The minimum Gasteiger partial charge on any atom is -0.384 e.